The summed E-state index contributed by atoms with van der Waals surface area (Å²) in [5, 5.41) is 12.4. The number of rotatable bonds is 4. The van der Waals surface area contributed by atoms with E-state index in [1.807, 2.05) is 31.5 Å². The van der Waals surface area contributed by atoms with E-state index >= 15 is 0 Å². The van der Waals surface area contributed by atoms with Gasteiger partial charge in [0.05, 0.1) is 10.4 Å². The average Bonchev–Trinajstić information content (AvgIpc) is 3.24. The summed E-state index contributed by atoms with van der Waals surface area (Å²) < 4.78 is 25.2. The number of amides is 1. The lowest BCUT2D eigenvalue weighted by molar-refractivity contribution is 0.102. The van der Waals surface area contributed by atoms with Crippen molar-refractivity contribution in [3.63, 3.8) is 0 Å². The molecule has 1 aliphatic rings. The maximum atomic E-state index is 12.6. The molecule has 3 N–H and O–H groups in total. The molecule has 2 aromatic rings. The zero-order chi connectivity index (χ0) is 19.3. The fourth-order valence-electron chi connectivity index (χ4n) is 2.89. The van der Waals surface area contributed by atoms with Gasteiger partial charge in [-0.25, -0.2) is 13.6 Å². The van der Waals surface area contributed by atoms with E-state index in [4.69, 9.17) is 5.14 Å². The van der Waals surface area contributed by atoms with Crippen LogP contribution in [-0.4, -0.2) is 24.1 Å². The van der Waals surface area contributed by atoms with Gasteiger partial charge in [-0.15, -0.1) is 0 Å². The molecule has 1 aromatic carbocycles. The van der Waals surface area contributed by atoms with E-state index in [1.54, 1.807) is 19.1 Å². The van der Waals surface area contributed by atoms with Crippen LogP contribution in [0.5, 0.6) is 0 Å². The van der Waals surface area contributed by atoms with E-state index in [1.165, 1.54) is 6.07 Å². The van der Waals surface area contributed by atoms with Crippen LogP contribution in [0, 0.1) is 6.92 Å². The quantitative estimate of drug-likeness (QED) is 0.855. The fraction of sp³-hybridized carbons (Fsp3) is 0.444. The minimum atomic E-state index is -3.85. The van der Waals surface area contributed by atoms with Gasteiger partial charge in [0.1, 0.15) is 0 Å². The highest BCUT2D eigenvalue weighted by Crippen LogP contribution is 2.41. The molecule has 0 atom stereocenters. The molecule has 7 nitrogen and oxygen atoms in total. The first-order valence-corrected chi connectivity index (χ1v) is 10.1. The Morgan fingerprint density at radius 2 is 1.92 bits per heavy atom. The molecular weight excluding hydrogens is 352 g/mol. The summed E-state index contributed by atoms with van der Waals surface area (Å²) in [7, 11) is -3.85. The van der Waals surface area contributed by atoms with E-state index in [-0.39, 0.29) is 16.3 Å². The van der Waals surface area contributed by atoms with Gasteiger partial charge in [-0.2, -0.15) is 5.10 Å². The smallest absolute Gasteiger partial charge is 0.276 e. The second-order valence-corrected chi connectivity index (χ2v) is 9.32. The summed E-state index contributed by atoms with van der Waals surface area (Å²) in [6.45, 7) is 7.79. The topological polar surface area (TPSA) is 107 Å². The average molecular weight is 376 g/mol. The number of primary sulfonamides is 1. The van der Waals surface area contributed by atoms with E-state index < -0.39 is 10.0 Å². The largest absolute Gasteiger partial charge is 0.321 e. The molecule has 1 fully saturated rings. The van der Waals surface area contributed by atoms with Crippen molar-refractivity contribution in [1.29, 1.82) is 0 Å². The van der Waals surface area contributed by atoms with Crippen LogP contribution in [0.4, 0.5) is 5.69 Å². The molecule has 0 saturated heterocycles. The van der Waals surface area contributed by atoms with E-state index in [0.29, 0.717) is 22.9 Å². The lowest BCUT2D eigenvalue weighted by Crippen LogP contribution is -2.25. The van der Waals surface area contributed by atoms with Gasteiger partial charge in [-0.05, 0) is 64.3 Å². The summed E-state index contributed by atoms with van der Waals surface area (Å²) in [6.07, 6.45) is 2.22. The number of hydrogen-bond donors (Lipinski definition) is 2. The van der Waals surface area contributed by atoms with Crippen molar-refractivity contribution in [2.24, 2.45) is 5.14 Å². The maximum Gasteiger partial charge on any atom is 0.276 e. The summed E-state index contributed by atoms with van der Waals surface area (Å²) >= 11 is 0. The molecule has 3 rings (SSSR count). The van der Waals surface area contributed by atoms with Crippen LogP contribution >= 0.6 is 0 Å². The fourth-order valence-corrected chi connectivity index (χ4v) is 3.70. The van der Waals surface area contributed by atoms with Crippen LogP contribution in [0.3, 0.4) is 0 Å². The molecule has 0 bridgehead atoms. The van der Waals surface area contributed by atoms with Gasteiger partial charge in [0.15, 0.2) is 5.69 Å². The predicted molar refractivity (Wildman–Crippen MR) is 99.7 cm³/mol. The highest BCUT2D eigenvalue weighted by atomic mass is 32.2. The molecule has 1 aliphatic carbocycles. The Bertz CT molecular complexity index is 967. The maximum absolute atomic E-state index is 12.6. The van der Waals surface area contributed by atoms with Crippen LogP contribution in [0.25, 0.3) is 0 Å². The third kappa shape index (κ3) is 3.81. The lowest BCUT2D eigenvalue weighted by atomic mass is 10.1. The first-order chi connectivity index (χ1) is 12.0. The third-order valence-corrected chi connectivity index (χ3v) is 5.41. The van der Waals surface area contributed by atoms with Crippen LogP contribution in [0.1, 0.15) is 61.3 Å². The van der Waals surface area contributed by atoms with E-state index in [2.05, 4.69) is 10.4 Å². The van der Waals surface area contributed by atoms with Gasteiger partial charge in [0.2, 0.25) is 10.0 Å². The molecule has 1 amide bonds. The van der Waals surface area contributed by atoms with Crippen molar-refractivity contribution in [1.82, 2.24) is 9.78 Å². The number of aryl methyl sites for hydroxylation is 1. The molecule has 1 aromatic heterocycles. The standard InChI is InChI=1S/C18H24N4O3S/c1-11-5-8-13(9-16(11)26(19,24)25)20-17(23)14-10-15(12-6-7-12)22(21-14)18(2,3)4/h5,8-10,12H,6-7H2,1-4H3,(H,20,23)(H2,19,24,25). The van der Waals surface area contributed by atoms with Crippen molar-refractivity contribution in [3.8, 4) is 0 Å². The zero-order valence-corrected chi connectivity index (χ0v) is 16.2. The highest BCUT2D eigenvalue weighted by Gasteiger charge is 2.32. The van der Waals surface area contributed by atoms with Crippen molar-refractivity contribution < 1.29 is 13.2 Å². The number of nitrogens with two attached hydrogens (primary N) is 1. The Labute approximate surface area is 153 Å². The Morgan fingerprint density at radius 3 is 2.46 bits per heavy atom. The molecular formula is C18H24N4O3S. The molecule has 1 heterocycles. The van der Waals surface area contributed by atoms with Crippen molar-refractivity contribution in [2.75, 3.05) is 5.32 Å². The number of anilines is 1. The molecule has 8 heteroatoms. The second-order valence-electron chi connectivity index (χ2n) is 7.79. The van der Waals surface area contributed by atoms with Gasteiger partial charge in [0.25, 0.3) is 5.91 Å². The number of sulfonamides is 1. The van der Waals surface area contributed by atoms with Crippen molar-refractivity contribution in [2.45, 2.75) is 56.9 Å². The van der Waals surface area contributed by atoms with Crippen molar-refractivity contribution in [3.05, 3.63) is 41.2 Å². The number of nitrogens with zero attached hydrogens (tertiary/aromatic N) is 2. The van der Waals surface area contributed by atoms with Crippen LogP contribution < -0.4 is 10.5 Å². The van der Waals surface area contributed by atoms with E-state index in [0.717, 1.165) is 18.5 Å². The Hall–Kier alpha value is -2.19. The molecule has 0 unspecified atom stereocenters. The SMILES string of the molecule is Cc1ccc(NC(=O)c2cc(C3CC3)n(C(C)(C)C)n2)cc1S(N)(=O)=O. The summed E-state index contributed by atoms with van der Waals surface area (Å²) in [5.74, 6) is 0.0794. The van der Waals surface area contributed by atoms with Gasteiger partial charge in [-0.3, -0.25) is 9.48 Å². The second kappa shape index (κ2) is 6.21. The minimum Gasteiger partial charge on any atom is -0.321 e. The number of aromatic nitrogens is 2. The van der Waals surface area contributed by atoms with Gasteiger partial charge in [0, 0.05) is 17.3 Å². The number of hydrogen-bond acceptors (Lipinski definition) is 4. The predicted octanol–water partition coefficient (Wildman–Crippen LogP) is 2.72. The summed E-state index contributed by atoms with van der Waals surface area (Å²) in [6, 6.07) is 6.45. The normalized spacial score (nSPS) is 15.1. The molecule has 0 aliphatic heterocycles. The number of nitrogens with one attached hydrogen (secondary N) is 1. The zero-order valence-electron chi connectivity index (χ0n) is 15.4. The van der Waals surface area contributed by atoms with Crippen LogP contribution in [0.2, 0.25) is 0 Å². The summed E-state index contributed by atoms with van der Waals surface area (Å²) in [5.41, 5.74) is 2.05. The minimum absolute atomic E-state index is 0.00538. The van der Waals surface area contributed by atoms with Crippen molar-refractivity contribution >= 4 is 21.6 Å². The highest BCUT2D eigenvalue weighted by molar-refractivity contribution is 7.89. The third-order valence-electron chi connectivity index (χ3n) is 4.35. The lowest BCUT2D eigenvalue weighted by Gasteiger charge is -2.22. The number of carbonyl (C=O) groups is 1. The molecule has 1 saturated carbocycles. The molecule has 0 spiro atoms. The first kappa shape index (κ1) is 18.6. The monoisotopic (exact) mass is 376 g/mol. The van der Waals surface area contributed by atoms with Gasteiger partial charge >= 0.3 is 0 Å². The summed E-state index contributed by atoms with van der Waals surface area (Å²) in [4.78, 5) is 12.6. The van der Waals surface area contributed by atoms with Crippen LogP contribution in [0.15, 0.2) is 29.2 Å². The van der Waals surface area contributed by atoms with Gasteiger partial charge in [-0.1, -0.05) is 6.07 Å². The molecule has 140 valence electrons. The van der Waals surface area contributed by atoms with Crippen LogP contribution in [-0.2, 0) is 15.6 Å². The first-order valence-electron chi connectivity index (χ1n) is 8.52. The Morgan fingerprint density at radius 1 is 1.27 bits per heavy atom. The van der Waals surface area contributed by atoms with Gasteiger partial charge < -0.3 is 5.32 Å². The van der Waals surface area contributed by atoms with E-state index in [9.17, 15) is 13.2 Å². The molecule has 26 heavy (non-hydrogen) atoms. The number of carbonyl (C=O) groups excluding carboxylic acids is 1. The molecule has 0 radical (unpaired) electrons. The Balaban J connectivity index is 1.90. The number of benzene rings is 1. The Kier molecular flexibility index (Phi) is 4.44.